The number of benzene rings is 2. The normalized spacial score (nSPS) is 10.5. The van der Waals surface area contributed by atoms with Gasteiger partial charge in [-0.1, -0.05) is 12.1 Å². The molecule has 3 rings (SSSR count). The number of rotatable bonds is 9. The molecule has 0 aliphatic rings. The number of carbonyl (C=O) groups excluding carboxylic acids is 1. The molecular formula is C23H25FN4O3. The Bertz CT molecular complexity index is 996. The molecule has 0 unspecified atom stereocenters. The number of aromatic nitrogens is 2. The van der Waals surface area contributed by atoms with E-state index in [2.05, 4.69) is 9.97 Å². The third-order valence-electron chi connectivity index (χ3n) is 4.74. The van der Waals surface area contributed by atoms with E-state index in [1.54, 1.807) is 67.8 Å². The first-order valence-corrected chi connectivity index (χ1v) is 9.78. The first kappa shape index (κ1) is 22.0. The minimum Gasteiger partial charge on any atom is -0.497 e. The van der Waals surface area contributed by atoms with Crippen molar-refractivity contribution in [1.29, 1.82) is 0 Å². The number of methoxy groups -OCH3 is 1. The van der Waals surface area contributed by atoms with Crippen molar-refractivity contribution in [3.05, 3.63) is 72.3 Å². The molecule has 7 nitrogen and oxygen atoms in total. The number of halogens is 1. The maximum Gasteiger partial charge on any atom is 0.239 e. The summed E-state index contributed by atoms with van der Waals surface area (Å²) in [5.74, 6) is 2.01. The van der Waals surface area contributed by atoms with Crippen LogP contribution in [0.2, 0.25) is 0 Å². The summed E-state index contributed by atoms with van der Waals surface area (Å²) in [7, 11) is 5.22. The van der Waals surface area contributed by atoms with Gasteiger partial charge in [-0.15, -0.1) is 0 Å². The number of likely N-dealkylation sites (N-methyl/N-ethyl adjacent to an activating group) is 2. The molecule has 1 aromatic heterocycles. The van der Waals surface area contributed by atoms with Crippen LogP contribution >= 0.6 is 0 Å². The lowest BCUT2D eigenvalue weighted by atomic mass is 10.1. The molecule has 3 aromatic rings. The van der Waals surface area contributed by atoms with Crippen LogP contribution in [-0.4, -0.2) is 55.1 Å². The van der Waals surface area contributed by atoms with E-state index in [-0.39, 0.29) is 18.1 Å². The van der Waals surface area contributed by atoms with Crippen molar-refractivity contribution >= 4 is 11.7 Å². The van der Waals surface area contributed by atoms with Crippen LogP contribution in [0.3, 0.4) is 0 Å². The standard InChI is InChI=1S/C23H25FN4O3/c1-27(12-13-28(2)23(29)14-17-4-6-18(24)7-5-17)21-15-25-16-22(26-21)31-20-10-8-19(30-3)9-11-20/h4-11,15-16H,12-14H2,1-3H3. The molecule has 0 radical (unpaired) electrons. The van der Waals surface area contributed by atoms with Gasteiger partial charge in [0.25, 0.3) is 0 Å². The summed E-state index contributed by atoms with van der Waals surface area (Å²) in [6.45, 7) is 1.06. The summed E-state index contributed by atoms with van der Waals surface area (Å²) in [4.78, 5) is 24.6. The lowest BCUT2D eigenvalue weighted by Gasteiger charge is -2.23. The molecule has 0 aliphatic heterocycles. The van der Waals surface area contributed by atoms with Crippen molar-refractivity contribution in [2.24, 2.45) is 0 Å². The monoisotopic (exact) mass is 424 g/mol. The van der Waals surface area contributed by atoms with Crippen LogP contribution in [0.1, 0.15) is 5.56 Å². The van der Waals surface area contributed by atoms with Crippen molar-refractivity contribution in [1.82, 2.24) is 14.9 Å². The molecule has 0 aliphatic carbocycles. The van der Waals surface area contributed by atoms with E-state index >= 15 is 0 Å². The topological polar surface area (TPSA) is 67.8 Å². The maximum atomic E-state index is 13.0. The van der Waals surface area contributed by atoms with E-state index in [0.717, 1.165) is 11.3 Å². The van der Waals surface area contributed by atoms with E-state index in [4.69, 9.17) is 9.47 Å². The summed E-state index contributed by atoms with van der Waals surface area (Å²) in [5, 5.41) is 0. The Hall–Kier alpha value is -3.68. The first-order chi connectivity index (χ1) is 14.9. The van der Waals surface area contributed by atoms with Crippen molar-refractivity contribution in [3.63, 3.8) is 0 Å². The second-order valence-electron chi connectivity index (χ2n) is 7.03. The zero-order chi connectivity index (χ0) is 22.2. The largest absolute Gasteiger partial charge is 0.497 e. The fraction of sp³-hybridized carbons (Fsp3) is 0.261. The van der Waals surface area contributed by atoms with E-state index in [0.29, 0.717) is 30.5 Å². The summed E-state index contributed by atoms with van der Waals surface area (Å²) in [6, 6.07) is 13.1. The molecule has 162 valence electrons. The van der Waals surface area contributed by atoms with Crippen molar-refractivity contribution < 1.29 is 18.7 Å². The van der Waals surface area contributed by atoms with Gasteiger partial charge in [-0.3, -0.25) is 9.78 Å². The number of hydrogen-bond acceptors (Lipinski definition) is 6. The van der Waals surface area contributed by atoms with Crippen LogP contribution in [0.25, 0.3) is 0 Å². The van der Waals surface area contributed by atoms with E-state index in [1.807, 2.05) is 11.9 Å². The molecule has 0 atom stereocenters. The van der Waals surface area contributed by atoms with Crippen molar-refractivity contribution in [2.75, 3.05) is 39.2 Å². The van der Waals surface area contributed by atoms with Gasteiger partial charge in [0, 0.05) is 27.2 Å². The highest BCUT2D eigenvalue weighted by Gasteiger charge is 2.12. The SMILES string of the molecule is COc1ccc(Oc2cncc(N(C)CCN(C)C(=O)Cc3ccc(F)cc3)n2)cc1. The predicted molar refractivity (Wildman–Crippen MR) is 116 cm³/mol. The maximum absolute atomic E-state index is 13.0. The van der Waals surface area contributed by atoms with Crippen molar-refractivity contribution in [3.8, 4) is 17.4 Å². The van der Waals surface area contributed by atoms with Crippen molar-refractivity contribution in [2.45, 2.75) is 6.42 Å². The van der Waals surface area contributed by atoms with Gasteiger partial charge < -0.3 is 19.3 Å². The molecule has 0 N–H and O–H groups in total. The first-order valence-electron chi connectivity index (χ1n) is 9.78. The Labute approximate surface area is 181 Å². The molecule has 1 amide bonds. The van der Waals surface area contributed by atoms with Gasteiger partial charge >= 0.3 is 0 Å². The quantitative estimate of drug-likeness (QED) is 0.523. The molecule has 1 heterocycles. The Morgan fingerprint density at radius 1 is 0.968 bits per heavy atom. The van der Waals surface area contributed by atoms with Crippen LogP contribution in [0, 0.1) is 5.82 Å². The van der Waals surface area contributed by atoms with Gasteiger partial charge in [-0.2, -0.15) is 4.98 Å². The number of anilines is 1. The van der Waals surface area contributed by atoms with Gasteiger partial charge in [0.15, 0.2) is 5.82 Å². The minimum atomic E-state index is -0.314. The highest BCUT2D eigenvalue weighted by atomic mass is 19.1. The second-order valence-corrected chi connectivity index (χ2v) is 7.03. The lowest BCUT2D eigenvalue weighted by Crippen LogP contribution is -2.35. The molecule has 31 heavy (non-hydrogen) atoms. The van der Waals surface area contributed by atoms with E-state index < -0.39 is 0 Å². The number of carbonyl (C=O) groups is 1. The number of amides is 1. The number of hydrogen-bond donors (Lipinski definition) is 0. The van der Waals surface area contributed by atoms with E-state index in [9.17, 15) is 9.18 Å². The molecule has 0 bridgehead atoms. The third-order valence-corrected chi connectivity index (χ3v) is 4.74. The second kappa shape index (κ2) is 10.4. The average molecular weight is 424 g/mol. The van der Waals surface area contributed by atoms with Crippen LogP contribution in [0.15, 0.2) is 60.9 Å². The molecule has 2 aromatic carbocycles. The van der Waals surface area contributed by atoms with Crippen LogP contribution in [0.4, 0.5) is 10.2 Å². The fourth-order valence-corrected chi connectivity index (χ4v) is 2.79. The third kappa shape index (κ3) is 6.40. The minimum absolute atomic E-state index is 0.0392. The lowest BCUT2D eigenvalue weighted by molar-refractivity contribution is -0.129. The van der Waals surface area contributed by atoms with E-state index in [1.165, 1.54) is 12.1 Å². The van der Waals surface area contributed by atoms with Gasteiger partial charge in [0.2, 0.25) is 11.8 Å². The summed E-state index contributed by atoms with van der Waals surface area (Å²) in [6.07, 6.45) is 3.41. The van der Waals surface area contributed by atoms with Crippen LogP contribution in [0.5, 0.6) is 17.4 Å². The molecule has 0 saturated heterocycles. The smallest absolute Gasteiger partial charge is 0.239 e. The molecular weight excluding hydrogens is 399 g/mol. The van der Waals surface area contributed by atoms with Gasteiger partial charge in [0.1, 0.15) is 17.3 Å². The highest BCUT2D eigenvalue weighted by Crippen LogP contribution is 2.23. The Morgan fingerprint density at radius 2 is 1.65 bits per heavy atom. The summed E-state index contributed by atoms with van der Waals surface area (Å²) < 4.78 is 23.9. The molecule has 8 heteroatoms. The highest BCUT2D eigenvalue weighted by molar-refractivity contribution is 5.78. The van der Waals surface area contributed by atoms with Gasteiger partial charge in [-0.25, -0.2) is 4.39 Å². The van der Waals surface area contributed by atoms with Crippen LogP contribution < -0.4 is 14.4 Å². The summed E-state index contributed by atoms with van der Waals surface area (Å²) >= 11 is 0. The number of ether oxygens (including phenoxy) is 2. The Morgan fingerprint density at radius 3 is 2.32 bits per heavy atom. The number of nitrogens with zero attached hydrogens (tertiary/aromatic N) is 4. The molecule has 0 saturated carbocycles. The zero-order valence-corrected chi connectivity index (χ0v) is 17.8. The van der Waals surface area contributed by atoms with Gasteiger partial charge in [0.05, 0.1) is 25.9 Å². The fourth-order valence-electron chi connectivity index (χ4n) is 2.79. The Balaban J connectivity index is 1.53. The molecule has 0 spiro atoms. The van der Waals surface area contributed by atoms with Crippen LogP contribution in [-0.2, 0) is 11.2 Å². The summed E-state index contributed by atoms with van der Waals surface area (Å²) in [5.41, 5.74) is 0.779. The zero-order valence-electron chi connectivity index (χ0n) is 17.8. The van der Waals surface area contributed by atoms with Gasteiger partial charge in [-0.05, 0) is 42.0 Å². The Kier molecular flexibility index (Phi) is 7.37. The molecule has 0 fully saturated rings. The predicted octanol–water partition coefficient (Wildman–Crippen LogP) is 3.55. The average Bonchev–Trinajstić information content (AvgIpc) is 2.79.